The van der Waals surface area contributed by atoms with E-state index in [9.17, 15) is 9.59 Å². The van der Waals surface area contributed by atoms with Gasteiger partial charge in [-0.1, -0.05) is 52.4 Å². The Balaban J connectivity index is -0.0000000941. The minimum atomic E-state index is -1.31. The van der Waals surface area contributed by atoms with E-state index in [1.165, 1.54) is 38.5 Å². The maximum atomic E-state index is 9.43. The van der Waals surface area contributed by atoms with Crippen molar-refractivity contribution < 1.29 is 19.8 Å². The maximum Gasteiger partial charge on any atom is 2.00 e. The minimum absolute atomic E-state index is 0. The molecule has 5 heteroatoms. The Morgan fingerprint density at radius 3 is 1.15 bits per heavy atom. The fourth-order valence-electron chi connectivity index (χ4n) is 0.983. The molecule has 0 aliphatic rings. The first kappa shape index (κ1) is 28.6. The van der Waals surface area contributed by atoms with E-state index in [0.717, 1.165) is 12.8 Å². The third kappa shape index (κ3) is 51.4. The molecule has 20 heavy (non-hydrogen) atoms. The van der Waals surface area contributed by atoms with Crippen LogP contribution in [-0.4, -0.2) is 71.0 Å². The van der Waals surface area contributed by atoms with Gasteiger partial charge in [0, 0.05) is 0 Å². The Bertz CT molecular complexity index is 168. The Morgan fingerprint density at radius 1 is 0.800 bits per heavy atom. The average molecular weight is 412 g/mol. The molecule has 0 saturated carbocycles. The summed E-state index contributed by atoms with van der Waals surface area (Å²) in [6, 6.07) is 0. The first-order valence-electron chi connectivity index (χ1n) is 6.98. The first-order chi connectivity index (χ1) is 8.95. The van der Waals surface area contributed by atoms with E-state index < -0.39 is 18.4 Å². The van der Waals surface area contributed by atoms with Crippen molar-refractivity contribution in [1.29, 1.82) is 0 Å². The van der Waals surface area contributed by atoms with E-state index in [0.29, 0.717) is 0 Å². The molecule has 0 radical (unpaired) electrons. The zero-order valence-corrected chi connectivity index (χ0v) is 17.6. The van der Waals surface area contributed by atoms with Crippen LogP contribution in [0.25, 0.3) is 0 Å². The van der Waals surface area contributed by atoms with Gasteiger partial charge in [-0.2, -0.15) is 12.8 Å². The van der Waals surface area contributed by atoms with Crippen molar-refractivity contribution in [3.8, 4) is 0 Å². The third-order valence-corrected chi connectivity index (χ3v) is 2.01. The average Bonchev–Trinajstić information content (AvgIpc) is 2.33. The smallest absolute Gasteiger partial charge is 0.481 e. The van der Waals surface area contributed by atoms with Crippen molar-refractivity contribution >= 4 is 60.8 Å². The predicted octanol–water partition coefficient (Wildman–Crippen LogP) is 3.97. The van der Waals surface area contributed by atoms with Crippen molar-refractivity contribution in [3.63, 3.8) is 0 Å². The zero-order valence-electron chi connectivity index (χ0n) is 13.2. The van der Waals surface area contributed by atoms with Crippen LogP contribution < -0.4 is 0 Å². The summed E-state index contributed by atoms with van der Waals surface area (Å²) in [4.78, 5) is 18.9. The zero-order chi connectivity index (χ0) is 15.5. The van der Waals surface area contributed by atoms with Gasteiger partial charge in [0.2, 0.25) is 0 Å². The molecule has 0 atom stereocenters. The fourth-order valence-corrected chi connectivity index (χ4v) is 0.983. The first-order valence-corrected chi connectivity index (χ1v) is 6.98. The number of aliphatic carboxylic acids is 2. The largest absolute Gasteiger partial charge is 2.00 e. The number of hydrogen-bond donors (Lipinski definition) is 2. The molecule has 0 aromatic heterocycles. The second-order valence-electron chi connectivity index (χ2n) is 4.09. The molecule has 0 unspecified atom stereocenters. The van der Waals surface area contributed by atoms with Crippen molar-refractivity contribution in [2.24, 2.45) is 0 Å². The van der Waals surface area contributed by atoms with Crippen LogP contribution in [0, 0.1) is 13.8 Å². The topological polar surface area (TPSA) is 74.6 Å². The van der Waals surface area contributed by atoms with Gasteiger partial charge < -0.3 is 24.1 Å². The van der Waals surface area contributed by atoms with Gasteiger partial charge in [0.15, 0.2) is 0 Å². The summed E-state index contributed by atoms with van der Waals surface area (Å²) in [5.41, 5.74) is 0. The quantitative estimate of drug-likeness (QED) is 0.274. The summed E-state index contributed by atoms with van der Waals surface area (Å²) in [7, 11) is 0. The molecule has 2 N–H and O–H groups in total. The normalized spacial score (nSPS) is 8.20. The molecular formula is C15H30BaO4. The van der Waals surface area contributed by atoms with Crippen molar-refractivity contribution in [3.05, 3.63) is 13.8 Å². The Hall–Kier alpha value is 0.511. The van der Waals surface area contributed by atoms with Gasteiger partial charge in [0.05, 0.1) is 0 Å². The standard InChI is InChI=1S/2C6H13.C3H4O4.Ba/c2*1-3-5-6-4-2;4-2(5)1-3(6)7;/h2*1,3-6H2,2H3;1H2,(H,4,5)(H,6,7);/q2*-1;;+2. The van der Waals surface area contributed by atoms with Crippen LogP contribution >= 0.6 is 0 Å². The third-order valence-electron chi connectivity index (χ3n) is 2.01. The van der Waals surface area contributed by atoms with Crippen LogP contribution in [0.2, 0.25) is 0 Å². The second kappa shape index (κ2) is 27.8. The van der Waals surface area contributed by atoms with Crippen LogP contribution in [0.1, 0.15) is 71.6 Å². The van der Waals surface area contributed by atoms with E-state index in [1.54, 1.807) is 0 Å². The van der Waals surface area contributed by atoms with E-state index in [4.69, 9.17) is 10.2 Å². The summed E-state index contributed by atoms with van der Waals surface area (Å²) >= 11 is 0. The molecule has 116 valence electrons. The molecule has 0 bridgehead atoms. The Labute approximate surface area is 164 Å². The summed E-state index contributed by atoms with van der Waals surface area (Å²) in [6.07, 6.45) is 9.34. The molecule has 0 spiro atoms. The molecule has 0 aromatic rings. The summed E-state index contributed by atoms with van der Waals surface area (Å²) in [5.74, 6) is -2.62. The fraction of sp³-hybridized carbons (Fsp3) is 0.733. The van der Waals surface area contributed by atoms with Crippen LogP contribution in [0.15, 0.2) is 0 Å². The van der Waals surface area contributed by atoms with Crippen LogP contribution in [0.4, 0.5) is 0 Å². The molecule has 0 saturated heterocycles. The van der Waals surface area contributed by atoms with Crippen molar-refractivity contribution in [2.75, 3.05) is 0 Å². The molecule has 0 fully saturated rings. The van der Waals surface area contributed by atoms with Gasteiger partial charge in [-0.25, -0.2) is 0 Å². The van der Waals surface area contributed by atoms with Gasteiger partial charge in [0.1, 0.15) is 6.42 Å². The van der Waals surface area contributed by atoms with Gasteiger partial charge in [-0.05, 0) is 0 Å². The molecule has 0 heterocycles. The predicted molar refractivity (Wildman–Crippen MR) is 84.6 cm³/mol. The molecular weight excluding hydrogens is 381 g/mol. The van der Waals surface area contributed by atoms with E-state index in [2.05, 4.69) is 27.7 Å². The van der Waals surface area contributed by atoms with Crippen LogP contribution in [0.5, 0.6) is 0 Å². The van der Waals surface area contributed by atoms with Crippen molar-refractivity contribution in [2.45, 2.75) is 71.6 Å². The SMILES string of the molecule is O=C(O)CC(=O)O.[Ba+2].[CH2-]CCCCC.[CH2-]CCCCC. The minimum Gasteiger partial charge on any atom is -0.481 e. The van der Waals surface area contributed by atoms with Crippen LogP contribution in [-0.2, 0) is 9.59 Å². The monoisotopic (exact) mass is 412 g/mol. The van der Waals surface area contributed by atoms with Gasteiger partial charge >= 0.3 is 60.8 Å². The summed E-state index contributed by atoms with van der Waals surface area (Å²) in [5, 5.41) is 15.4. The van der Waals surface area contributed by atoms with Gasteiger partial charge in [0.25, 0.3) is 0 Å². The summed E-state index contributed by atoms with van der Waals surface area (Å²) in [6.45, 7) is 11.9. The molecule has 0 amide bonds. The number of rotatable bonds is 8. The van der Waals surface area contributed by atoms with Gasteiger partial charge in [-0.3, -0.25) is 9.59 Å². The molecule has 0 aromatic carbocycles. The number of hydrogen-bond acceptors (Lipinski definition) is 2. The molecule has 0 aliphatic carbocycles. The molecule has 0 rings (SSSR count). The Morgan fingerprint density at radius 2 is 1.10 bits per heavy atom. The number of carbonyl (C=O) groups is 2. The van der Waals surface area contributed by atoms with E-state index in [-0.39, 0.29) is 48.9 Å². The second-order valence-corrected chi connectivity index (χ2v) is 4.09. The Kier molecular flexibility index (Phi) is 39.8. The molecule has 4 nitrogen and oxygen atoms in total. The van der Waals surface area contributed by atoms with Crippen LogP contribution in [0.3, 0.4) is 0 Å². The van der Waals surface area contributed by atoms with Gasteiger partial charge in [-0.15, -0.1) is 0 Å². The van der Waals surface area contributed by atoms with E-state index >= 15 is 0 Å². The maximum absolute atomic E-state index is 9.43. The van der Waals surface area contributed by atoms with E-state index in [1.807, 2.05) is 0 Å². The number of carboxylic acids is 2. The van der Waals surface area contributed by atoms with Crippen molar-refractivity contribution in [1.82, 2.24) is 0 Å². The summed E-state index contributed by atoms with van der Waals surface area (Å²) < 4.78 is 0. The number of carboxylic acid groups (broad SMARTS) is 2. The number of unbranched alkanes of at least 4 members (excludes halogenated alkanes) is 6. The molecule has 0 aliphatic heterocycles.